The molecule has 5 nitrogen and oxygen atoms in total. The van der Waals surface area contributed by atoms with Gasteiger partial charge in [0.25, 0.3) is 5.56 Å². The standard InChI is InChI=1S/C21H14F3N3O2S2/c22-21(23,24)13-6-8-14(9-7-13)25-17(28)12-31-20-26-16-10-11-30-18(16)19(29)27(20)15-4-2-1-3-5-15/h1-11H,12H2,(H,25,28). The summed E-state index contributed by atoms with van der Waals surface area (Å²) in [6.07, 6.45) is -4.44. The molecule has 4 rings (SSSR count). The van der Waals surface area contributed by atoms with Crippen molar-refractivity contribution in [3.63, 3.8) is 0 Å². The molecule has 10 heteroatoms. The summed E-state index contributed by atoms with van der Waals surface area (Å²) >= 11 is 2.37. The van der Waals surface area contributed by atoms with E-state index in [2.05, 4.69) is 10.3 Å². The number of alkyl halides is 3. The van der Waals surface area contributed by atoms with Crippen LogP contribution in [0.15, 0.2) is 76.0 Å². The van der Waals surface area contributed by atoms with Crippen LogP contribution in [0.5, 0.6) is 0 Å². The molecule has 0 saturated heterocycles. The number of hydrogen-bond acceptors (Lipinski definition) is 5. The van der Waals surface area contributed by atoms with Gasteiger partial charge in [-0.3, -0.25) is 14.2 Å². The van der Waals surface area contributed by atoms with E-state index in [0.29, 0.717) is 21.1 Å². The van der Waals surface area contributed by atoms with Gasteiger partial charge in [0, 0.05) is 5.69 Å². The average molecular weight is 461 g/mol. The molecule has 0 radical (unpaired) electrons. The van der Waals surface area contributed by atoms with Gasteiger partial charge in [-0.15, -0.1) is 11.3 Å². The molecule has 0 saturated carbocycles. The van der Waals surface area contributed by atoms with Gasteiger partial charge in [0.15, 0.2) is 5.16 Å². The van der Waals surface area contributed by atoms with E-state index in [1.54, 1.807) is 35.7 Å². The van der Waals surface area contributed by atoms with E-state index >= 15 is 0 Å². The summed E-state index contributed by atoms with van der Waals surface area (Å²) in [5, 5.41) is 4.69. The van der Waals surface area contributed by atoms with Crippen molar-refractivity contribution in [2.45, 2.75) is 11.3 Å². The summed E-state index contributed by atoms with van der Waals surface area (Å²) in [7, 11) is 0. The predicted octanol–water partition coefficient (Wildman–Crippen LogP) is 5.20. The summed E-state index contributed by atoms with van der Waals surface area (Å²) in [6.45, 7) is 0. The number of thiophene rings is 1. The number of halogens is 3. The van der Waals surface area contributed by atoms with Crippen LogP contribution in [0.4, 0.5) is 18.9 Å². The fourth-order valence-electron chi connectivity index (χ4n) is 2.86. The molecule has 1 N–H and O–H groups in total. The number of nitrogens with one attached hydrogen (secondary N) is 1. The Bertz CT molecular complexity index is 1280. The largest absolute Gasteiger partial charge is 0.416 e. The molecule has 158 valence electrons. The van der Waals surface area contributed by atoms with Crippen LogP contribution in [-0.4, -0.2) is 21.2 Å². The summed E-state index contributed by atoms with van der Waals surface area (Å²) in [5.41, 5.74) is 0.408. The molecule has 0 aliphatic rings. The Morgan fingerprint density at radius 1 is 1.06 bits per heavy atom. The molecule has 1 amide bonds. The first-order valence-corrected chi connectivity index (χ1v) is 10.8. The van der Waals surface area contributed by atoms with Crippen molar-refractivity contribution in [2.24, 2.45) is 0 Å². The maximum Gasteiger partial charge on any atom is 0.416 e. The molecule has 0 fully saturated rings. The van der Waals surface area contributed by atoms with Crippen LogP contribution in [0.3, 0.4) is 0 Å². The van der Waals surface area contributed by atoms with E-state index in [0.717, 1.165) is 23.9 Å². The molecular weight excluding hydrogens is 447 g/mol. The van der Waals surface area contributed by atoms with Crippen molar-refractivity contribution in [1.29, 1.82) is 0 Å². The highest BCUT2D eigenvalue weighted by Crippen LogP contribution is 2.30. The lowest BCUT2D eigenvalue weighted by molar-refractivity contribution is -0.137. The highest BCUT2D eigenvalue weighted by Gasteiger charge is 2.30. The molecule has 0 aliphatic heterocycles. The molecule has 0 aliphatic carbocycles. The molecule has 0 spiro atoms. The third-order valence-corrected chi connectivity index (χ3v) is 6.12. The zero-order chi connectivity index (χ0) is 22.0. The normalized spacial score (nSPS) is 11.6. The lowest BCUT2D eigenvalue weighted by Crippen LogP contribution is -2.22. The minimum Gasteiger partial charge on any atom is -0.325 e. The van der Waals surface area contributed by atoms with Crippen molar-refractivity contribution in [2.75, 3.05) is 11.1 Å². The van der Waals surface area contributed by atoms with E-state index in [1.807, 2.05) is 6.07 Å². The maximum absolute atomic E-state index is 13.0. The van der Waals surface area contributed by atoms with Gasteiger partial charge < -0.3 is 5.32 Å². The van der Waals surface area contributed by atoms with Crippen LogP contribution in [0.25, 0.3) is 15.9 Å². The number of carbonyl (C=O) groups excluding carboxylic acids is 1. The quantitative estimate of drug-likeness (QED) is 0.328. The monoisotopic (exact) mass is 461 g/mol. The summed E-state index contributed by atoms with van der Waals surface area (Å²) in [6, 6.07) is 14.9. The Morgan fingerprint density at radius 3 is 2.45 bits per heavy atom. The fraction of sp³-hybridized carbons (Fsp3) is 0.0952. The lowest BCUT2D eigenvalue weighted by atomic mass is 10.2. The summed E-state index contributed by atoms with van der Waals surface area (Å²) in [4.78, 5) is 29.9. The van der Waals surface area contributed by atoms with Crippen LogP contribution in [0, 0.1) is 0 Å². The molecular formula is C21H14F3N3O2S2. The zero-order valence-electron chi connectivity index (χ0n) is 15.7. The first-order chi connectivity index (χ1) is 14.8. The van der Waals surface area contributed by atoms with Gasteiger partial charge in [-0.2, -0.15) is 13.2 Å². The number of hydrogen-bond donors (Lipinski definition) is 1. The molecule has 2 aromatic heterocycles. The SMILES string of the molecule is O=C(CSc1nc2ccsc2c(=O)n1-c1ccccc1)Nc1ccc(C(F)(F)F)cc1. The number of aromatic nitrogens is 2. The minimum absolute atomic E-state index is 0.0735. The third-order valence-electron chi connectivity index (χ3n) is 4.29. The number of amides is 1. The van der Waals surface area contributed by atoms with E-state index < -0.39 is 17.6 Å². The average Bonchev–Trinajstić information content (AvgIpc) is 3.22. The van der Waals surface area contributed by atoms with Crippen molar-refractivity contribution < 1.29 is 18.0 Å². The highest BCUT2D eigenvalue weighted by molar-refractivity contribution is 7.99. The molecule has 2 aromatic carbocycles. The number of rotatable bonds is 5. The second-order valence-electron chi connectivity index (χ2n) is 6.42. The Kier molecular flexibility index (Phi) is 5.84. The van der Waals surface area contributed by atoms with E-state index in [4.69, 9.17) is 0 Å². The van der Waals surface area contributed by atoms with Crippen LogP contribution < -0.4 is 10.9 Å². The number of thioether (sulfide) groups is 1. The highest BCUT2D eigenvalue weighted by atomic mass is 32.2. The molecule has 2 heterocycles. The number of carbonyl (C=O) groups is 1. The Labute approximate surface area is 182 Å². The van der Waals surface area contributed by atoms with Crippen molar-refractivity contribution in [3.05, 3.63) is 82.0 Å². The number of fused-ring (bicyclic) bond motifs is 1. The summed E-state index contributed by atoms with van der Waals surface area (Å²) in [5.74, 6) is -0.500. The van der Waals surface area contributed by atoms with Crippen LogP contribution in [0.1, 0.15) is 5.56 Å². The third kappa shape index (κ3) is 4.64. The van der Waals surface area contributed by atoms with Gasteiger partial charge in [0.2, 0.25) is 5.91 Å². The van der Waals surface area contributed by atoms with Crippen LogP contribution in [0.2, 0.25) is 0 Å². The number of nitrogens with zero attached hydrogens (tertiary/aromatic N) is 2. The van der Waals surface area contributed by atoms with Gasteiger partial charge in [-0.1, -0.05) is 30.0 Å². The molecule has 0 atom stereocenters. The van der Waals surface area contributed by atoms with Crippen LogP contribution in [-0.2, 0) is 11.0 Å². The second-order valence-corrected chi connectivity index (χ2v) is 8.28. The number of benzene rings is 2. The van der Waals surface area contributed by atoms with Gasteiger partial charge in [-0.25, -0.2) is 4.98 Å². The predicted molar refractivity (Wildman–Crippen MR) is 116 cm³/mol. The van der Waals surface area contributed by atoms with E-state index in [9.17, 15) is 22.8 Å². The maximum atomic E-state index is 13.0. The zero-order valence-corrected chi connectivity index (χ0v) is 17.4. The topological polar surface area (TPSA) is 64.0 Å². The Balaban J connectivity index is 1.55. The first-order valence-electron chi connectivity index (χ1n) is 8.98. The van der Waals surface area contributed by atoms with Gasteiger partial charge in [-0.05, 0) is 47.8 Å². The van der Waals surface area contributed by atoms with E-state index in [-0.39, 0.29) is 17.0 Å². The summed E-state index contributed by atoms with van der Waals surface area (Å²) < 4.78 is 40.0. The fourth-order valence-corrected chi connectivity index (χ4v) is 4.44. The van der Waals surface area contributed by atoms with Crippen molar-refractivity contribution >= 4 is 44.9 Å². The van der Waals surface area contributed by atoms with Crippen molar-refractivity contribution in [1.82, 2.24) is 9.55 Å². The molecule has 0 bridgehead atoms. The number of anilines is 1. The van der Waals surface area contributed by atoms with Gasteiger partial charge >= 0.3 is 6.18 Å². The van der Waals surface area contributed by atoms with Crippen molar-refractivity contribution in [3.8, 4) is 5.69 Å². The first kappa shape index (κ1) is 21.1. The molecule has 31 heavy (non-hydrogen) atoms. The molecule has 0 unspecified atom stereocenters. The lowest BCUT2D eigenvalue weighted by Gasteiger charge is -2.12. The Hall–Kier alpha value is -3.11. The molecule has 4 aromatic rings. The second kappa shape index (κ2) is 8.56. The van der Waals surface area contributed by atoms with Gasteiger partial charge in [0.05, 0.1) is 22.5 Å². The van der Waals surface area contributed by atoms with E-state index in [1.165, 1.54) is 28.0 Å². The van der Waals surface area contributed by atoms with Crippen LogP contribution >= 0.6 is 23.1 Å². The number of para-hydroxylation sites is 1. The minimum atomic E-state index is -4.44. The Morgan fingerprint density at radius 2 is 1.77 bits per heavy atom. The van der Waals surface area contributed by atoms with Gasteiger partial charge in [0.1, 0.15) is 4.70 Å². The smallest absolute Gasteiger partial charge is 0.325 e.